The van der Waals surface area contributed by atoms with E-state index in [1.54, 1.807) is 0 Å². The van der Waals surface area contributed by atoms with Gasteiger partial charge in [0.05, 0.1) is 6.61 Å². The van der Waals surface area contributed by atoms with Gasteiger partial charge in [-0.2, -0.15) is 0 Å². The Hall–Kier alpha value is -0.900. The van der Waals surface area contributed by atoms with Crippen LogP contribution >= 0.6 is 0 Å². The number of amides is 1. The third kappa shape index (κ3) is 16.0. The molecule has 0 saturated carbocycles. The van der Waals surface area contributed by atoms with Crippen molar-refractivity contribution >= 4 is 11.7 Å². The second-order valence-corrected chi connectivity index (χ2v) is 6.75. The third-order valence-electron chi connectivity index (χ3n) is 4.41. The summed E-state index contributed by atoms with van der Waals surface area (Å²) >= 11 is 0. The van der Waals surface area contributed by atoms with Crippen LogP contribution in [0.4, 0.5) is 0 Å². The summed E-state index contributed by atoms with van der Waals surface area (Å²) in [6, 6.07) is 0. The van der Waals surface area contributed by atoms with Crippen LogP contribution in [0.1, 0.15) is 103 Å². The predicted octanol–water partition coefficient (Wildman–Crippen LogP) is 4.54. The van der Waals surface area contributed by atoms with Crippen LogP contribution in [0.3, 0.4) is 0 Å². The Morgan fingerprint density at radius 3 is 1.54 bits per heavy atom. The molecule has 0 saturated heterocycles. The molecular formula is C20H39NO3. The minimum Gasteiger partial charge on any atom is -0.395 e. The number of rotatable bonds is 18. The lowest BCUT2D eigenvalue weighted by Crippen LogP contribution is -2.32. The van der Waals surface area contributed by atoms with Gasteiger partial charge in [0.15, 0.2) is 0 Å². The van der Waals surface area contributed by atoms with E-state index in [2.05, 4.69) is 12.2 Å². The molecule has 0 aromatic carbocycles. The number of Topliss-reactive ketones (excluding diaryl/α,β-unsaturated/α-hetero) is 1. The maximum absolute atomic E-state index is 11.5. The van der Waals surface area contributed by atoms with Gasteiger partial charge in [-0.15, -0.1) is 0 Å². The van der Waals surface area contributed by atoms with Crippen molar-refractivity contribution in [1.29, 1.82) is 0 Å². The Balaban J connectivity index is 3.20. The summed E-state index contributed by atoms with van der Waals surface area (Å²) in [6.45, 7) is 2.29. The van der Waals surface area contributed by atoms with Crippen LogP contribution in [0, 0.1) is 0 Å². The van der Waals surface area contributed by atoms with Gasteiger partial charge in [0.1, 0.15) is 0 Å². The fourth-order valence-corrected chi connectivity index (χ4v) is 2.86. The molecule has 0 radical (unpaired) electrons. The normalized spacial score (nSPS) is 10.8. The fourth-order valence-electron chi connectivity index (χ4n) is 2.86. The first-order valence-electron chi connectivity index (χ1n) is 10.1. The van der Waals surface area contributed by atoms with Crippen LogP contribution in [-0.4, -0.2) is 29.9 Å². The standard InChI is InChI=1S/C20H39NO3/c1-2-3-4-5-6-7-8-9-10-11-12-13-14-15-16-19(23)20(24)21-17-18-22/h22H,2-18H2,1H3,(H,21,24). The Morgan fingerprint density at radius 1 is 0.708 bits per heavy atom. The second-order valence-electron chi connectivity index (χ2n) is 6.75. The lowest BCUT2D eigenvalue weighted by atomic mass is 10.0. The van der Waals surface area contributed by atoms with Gasteiger partial charge in [0.2, 0.25) is 5.78 Å². The van der Waals surface area contributed by atoms with Gasteiger partial charge in [0.25, 0.3) is 5.91 Å². The number of nitrogens with one attached hydrogen (secondary N) is 1. The van der Waals surface area contributed by atoms with E-state index in [1.807, 2.05) is 0 Å². The number of aliphatic hydroxyl groups excluding tert-OH is 1. The van der Waals surface area contributed by atoms with E-state index in [0.29, 0.717) is 6.42 Å². The number of unbranched alkanes of at least 4 members (excludes halogenated alkanes) is 13. The largest absolute Gasteiger partial charge is 0.395 e. The smallest absolute Gasteiger partial charge is 0.287 e. The summed E-state index contributed by atoms with van der Waals surface area (Å²) in [5.74, 6) is -0.916. The highest BCUT2D eigenvalue weighted by Crippen LogP contribution is 2.13. The molecule has 142 valence electrons. The highest BCUT2D eigenvalue weighted by Gasteiger charge is 2.11. The fraction of sp³-hybridized carbons (Fsp3) is 0.900. The average Bonchev–Trinajstić information content (AvgIpc) is 2.59. The van der Waals surface area contributed by atoms with Gasteiger partial charge in [-0.25, -0.2) is 0 Å². The number of hydrogen-bond acceptors (Lipinski definition) is 3. The van der Waals surface area contributed by atoms with E-state index < -0.39 is 5.91 Å². The molecule has 0 unspecified atom stereocenters. The maximum atomic E-state index is 11.5. The van der Waals surface area contributed by atoms with Crippen molar-refractivity contribution in [1.82, 2.24) is 5.32 Å². The molecule has 4 nitrogen and oxygen atoms in total. The van der Waals surface area contributed by atoms with E-state index in [9.17, 15) is 9.59 Å². The highest BCUT2D eigenvalue weighted by atomic mass is 16.3. The van der Waals surface area contributed by atoms with Crippen LogP contribution in [0.2, 0.25) is 0 Å². The van der Waals surface area contributed by atoms with Crippen molar-refractivity contribution in [2.45, 2.75) is 103 Å². The van der Waals surface area contributed by atoms with Crippen molar-refractivity contribution in [3.63, 3.8) is 0 Å². The third-order valence-corrected chi connectivity index (χ3v) is 4.41. The number of hydrogen-bond donors (Lipinski definition) is 2. The maximum Gasteiger partial charge on any atom is 0.287 e. The summed E-state index contributed by atoms with van der Waals surface area (Å²) in [5.41, 5.74) is 0. The van der Waals surface area contributed by atoms with Gasteiger partial charge in [-0.3, -0.25) is 9.59 Å². The predicted molar refractivity (Wildman–Crippen MR) is 100 cm³/mol. The minimum absolute atomic E-state index is 0.127. The van der Waals surface area contributed by atoms with E-state index in [0.717, 1.165) is 19.3 Å². The molecule has 0 fully saturated rings. The second kappa shape index (κ2) is 18.4. The van der Waals surface area contributed by atoms with Gasteiger partial charge < -0.3 is 10.4 Å². The topological polar surface area (TPSA) is 66.4 Å². The summed E-state index contributed by atoms with van der Waals surface area (Å²) in [6.07, 6.45) is 18.2. The van der Waals surface area contributed by atoms with Gasteiger partial charge in [-0.1, -0.05) is 90.4 Å². The average molecular weight is 342 g/mol. The summed E-state index contributed by atoms with van der Waals surface area (Å²) in [5, 5.41) is 11.0. The molecule has 0 aliphatic rings. The Kier molecular flexibility index (Phi) is 17.7. The number of carbonyl (C=O) groups excluding carboxylic acids is 2. The minimum atomic E-state index is -0.557. The van der Waals surface area contributed by atoms with E-state index >= 15 is 0 Å². The molecule has 0 rings (SSSR count). The first-order valence-corrected chi connectivity index (χ1v) is 10.1. The van der Waals surface area contributed by atoms with Crippen LogP contribution in [0.15, 0.2) is 0 Å². The van der Waals surface area contributed by atoms with Crippen molar-refractivity contribution in [3.05, 3.63) is 0 Å². The number of carbonyl (C=O) groups is 2. The van der Waals surface area contributed by atoms with Gasteiger partial charge >= 0.3 is 0 Å². The summed E-state index contributed by atoms with van der Waals surface area (Å²) in [4.78, 5) is 22.8. The van der Waals surface area contributed by atoms with Crippen molar-refractivity contribution in [2.75, 3.05) is 13.2 Å². The van der Waals surface area contributed by atoms with Gasteiger partial charge in [-0.05, 0) is 6.42 Å². The zero-order valence-corrected chi connectivity index (χ0v) is 15.8. The van der Waals surface area contributed by atoms with Crippen molar-refractivity contribution in [3.8, 4) is 0 Å². The molecule has 0 bridgehead atoms. The van der Waals surface area contributed by atoms with E-state index in [-0.39, 0.29) is 18.9 Å². The van der Waals surface area contributed by atoms with E-state index in [4.69, 9.17) is 5.11 Å². The van der Waals surface area contributed by atoms with Crippen molar-refractivity contribution in [2.24, 2.45) is 0 Å². The molecule has 0 aliphatic carbocycles. The van der Waals surface area contributed by atoms with Gasteiger partial charge in [0, 0.05) is 13.0 Å². The summed E-state index contributed by atoms with van der Waals surface area (Å²) < 4.78 is 0. The molecule has 0 aliphatic heterocycles. The molecule has 0 aromatic heterocycles. The highest BCUT2D eigenvalue weighted by molar-refractivity contribution is 6.36. The number of aliphatic hydroxyl groups is 1. The molecule has 24 heavy (non-hydrogen) atoms. The molecule has 0 atom stereocenters. The number of ketones is 1. The Labute approximate surface area is 148 Å². The quantitative estimate of drug-likeness (QED) is 0.284. The first kappa shape index (κ1) is 23.1. The zero-order valence-electron chi connectivity index (χ0n) is 15.8. The molecule has 1 amide bonds. The van der Waals surface area contributed by atoms with E-state index in [1.165, 1.54) is 70.6 Å². The zero-order chi connectivity index (χ0) is 17.9. The molecule has 0 aromatic rings. The Bertz CT molecular complexity index is 305. The van der Waals surface area contributed by atoms with Crippen LogP contribution in [0.5, 0.6) is 0 Å². The molecule has 0 heterocycles. The van der Waals surface area contributed by atoms with Crippen molar-refractivity contribution < 1.29 is 14.7 Å². The van der Waals surface area contributed by atoms with Crippen LogP contribution < -0.4 is 5.32 Å². The lowest BCUT2D eigenvalue weighted by molar-refractivity contribution is -0.138. The first-order chi connectivity index (χ1) is 11.7. The lowest BCUT2D eigenvalue weighted by Gasteiger charge is -2.04. The van der Waals surface area contributed by atoms with Crippen LogP contribution in [-0.2, 0) is 9.59 Å². The Morgan fingerprint density at radius 2 is 1.12 bits per heavy atom. The molecule has 4 heteroatoms. The molecule has 0 spiro atoms. The molecular weight excluding hydrogens is 302 g/mol. The van der Waals surface area contributed by atoms with Crippen LogP contribution in [0.25, 0.3) is 0 Å². The molecule has 2 N–H and O–H groups in total. The summed E-state index contributed by atoms with van der Waals surface area (Å²) in [7, 11) is 0. The monoisotopic (exact) mass is 341 g/mol. The SMILES string of the molecule is CCCCCCCCCCCCCCCCC(=O)C(=O)NCCO.